The number of ketones is 3. The summed E-state index contributed by atoms with van der Waals surface area (Å²) in [6, 6.07) is -5.49. The number of aliphatic hydroxyl groups excluding tert-OH is 4. The van der Waals surface area contributed by atoms with E-state index in [-0.39, 0.29) is 264 Å². The van der Waals surface area contributed by atoms with Crippen molar-refractivity contribution in [3.63, 3.8) is 0 Å². The third-order valence-corrected chi connectivity index (χ3v) is 19.4. The zero-order valence-electron chi connectivity index (χ0n) is 70.6. The van der Waals surface area contributed by atoms with Gasteiger partial charge in [0.1, 0.15) is 78.4 Å². The number of carbonyl (C=O) groups excluding carboxylic acids is 14. The van der Waals surface area contributed by atoms with E-state index in [9.17, 15) is 87.5 Å². The third kappa shape index (κ3) is 47.7. The van der Waals surface area contributed by atoms with Crippen molar-refractivity contribution in [3.05, 3.63) is 18.2 Å². The zero-order valence-corrected chi connectivity index (χ0v) is 71.4. The minimum atomic E-state index is -1.41. The molecule has 2 aliphatic heterocycles. The molecule has 0 aliphatic carbocycles. The van der Waals surface area contributed by atoms with Gasteiger partial charge >= 0.3 is 0 Å². The molecule has 2 fully saturated rings. The molecule has 46 nitrogen and oxygen atoms in total. The van der Waals surface area contributed by atoms with E-state index in [0.29, 0.717) is 5.69 Å². The monoisotopic (exact) mass is 1770 g/mol. The lowest BCUT2D eigenvalue weighted by Gasteiger charge is -2.42. The number of hydrogen-bond acceptors (Lipinski definition) is 35. The summed E-state index contributed by atoms with van der Waals surface area (Å²) in [4.78, 5) is 184. The predicted octanol–water partition coefficient (Wildman–Crippen LogP) is -9.21. The van der Waals surface area contributed by atoms with Gasteiger partial charge in [-0.1, -0.05) is 13.8 Å². The highest BCUT2D eigenvalue weighted by molar-refractivity contribution is 8.01. The SMILES string of the molecule is CNC(=O)[C@@H](NC(=O)[C@H](CCC(N)=O)NC(=O)[C@H](Cc1cnc[nH]1)NC(=O)CCNCC(=O)CCNCC(=O)CCNCC(=O)CSC(CC(=O)NCCOCCOCCOCCOCCC(=O)NC[C@H]1OC(OC)[C@@H](NC(C)=O)[C@@H](O)[C@H]1O)C(=O)NCCOCCOCCOCCOCCC(=O)NC[C@H]1OC(OC)[C@@H](NC(C)=O)[C@@H](O)[C@H]1O)C(C)C. The standard InChI is InChI=1S/C75H130N16O30S/c1-46(2)63(73(109)77-5)91-70(106)53(8-9-58(76)97)90-71(107)54(36-49-38-81-45-86-49)89-61(100)12-17-80-40-51(95)10-15-78-39-50(94)11-16-79-41-52(96)44-122-57(72(108)83-19-23-115-27-31-119-35-33-117-29-25-113-21-14-60(99)85-43-56-67(103)69(105)65(88-48(4)93)75(111-7)121-56)37-62(101)82-18-22-114-26-30-118-34-32-116-28-24-112-20-13-59(98)84-42-55-66(102)68(104)64(87-47(3)92)74(110-6)120-55/h38,45-46,53-57,63-69,74-75,78-80,102-105H,8-37,39-44H2,1-7H3,(H2,76,97)(H,77,109)(H,81,86)(H,82,101)(H,83,108)(H,84,98)(H,85,99)(H,87,92)(H,88,93)(H,89,100)(H,90,107)(H,91,106)/t53-,54-,55+,56+,57?,63-,64-,65-,66-,67-,68+,69+,74?,75?/m0/s1. The second kappa shape index (κ2) is 64.7. The first kappa shape index (κ1) is 108. The van der Waals surface area contributed by atoms with Gasteiger partial charge in [0, 0.05) is 144 Å². The second-order valence-corrected chi connectivity index (χ2v) is 29.5. The number of ether oxygens (including phenoxy) is 12. The molecule has 47 heteroatoms. The van der Waals surface area contributed by atoms with Crippen LogP contribution in [-0.2, 0) is 130 Å². The topological polar surface area (TPSA) is 642 Å². The van der Waals surface area contributed by atoms with Crippen molar-refractivity contribution in [3.8, 4) is 0 Å². The van der Waals surface area contributed by atoms with Crippen LogP contribution in [0.2, 0.25) is 0 Å². The molecule has 2 saturated heterocycles. The van der Waals surface area contributed by atoms with Crippen LogP contribution in [0.3, 0.4) is 0 Å². The van der Waals surface area contributed by atoms with Crippen LogP contribution in [-0.4, -0.2) is 396 Å². The van der Waals surface area contributed by atoms with Gasteiger partial charge in [0.2, 0.25) is 65.0 Å². The van der Waals surface area contributed by atoms with Gasteiger partial charge in [-0.15, -0.1) is 11.8 Å². The van der Waals surface area contributed by atoms with E-state index >= 15 is 0 Å². The Morgan fingerprint density at radius 1 is 0.484 bits per heavy atom. The van der Waals surface area contributed by atoms with Crippen LogP contribution in [0.4, 0.5) is 0 Å². The molecule has 2 aliphatic rings. The van der Waals surface area contributed by atoms with E-state index in [4.69, 9.17) is 62.6 Å². The maximum atomic E-state index is 13.7. The van der Waals surface area contributed by atoms with E-state index in [1.165, 1.54) is 47.6 Å². The van der Waals surface area contributed by atoms with Crippen LogP contribution in [0.25, 0.3) is 0 Å². The van der Waals surface area contributed by atoms with Crippen molar-refractivity contribution in [2.24, 2.45) is 11.7 Å². The van der Waals surface area contributed by atoms with E-state index in [2.05, 4.69) is 79.1 Å². The first-order chi connectivity index (χ1) is 58.5. The molecule has 1 aromatic rings. The van der Waals surface area contributed by atoms with E-state index in [1.807, 2.05) is 0 Å². The van der Waals surface area contributed by atoms with Gasteiger partial charge in [-0.05, 0) is 12.3 Å². The number of H-pyrrole nitrogens is 1. The molecular weight excluding hydrogens is 1640 g/mol. The highest BCUT2D eigenvalue weighted by Crippen LogP contribution is 2.24. The number of aromatic amines is 1. The average Bonchev–Trinajstić information content (AvgIpc) is 0.900. The normalized spacial score (nSPS) is 19.8. The smallest absolute Gasteiger partial charge is 0.243 e. The Kier molecular flexibility index (Phi) is 57.4. The fourth-order valence-electron chi connectivity index (χ4n) is 11.6. The Morgan fingerprint density at radius 3 is 1.34 bits per heavy atom. The van der Waals surface area contributed by atoms with Gasteiger partial charge < -0.3 is 157 Å². The quantitative estimate of drug-likeness (QED) is 0.0269. The summed E-state index contributed by atoms with van der Waals surface area (Å²) >= 11 is 0.965. The molecule has 3 unspecified atom stereocenters. The molecule has 122 heavy (non-hydrogen) atoms. The average molecular weight is 1770 g/mol. The maximum absolute atomic E-state index is 13.7. The lowest BCUT2D eigenvalue weighted by atomic mass is 9.96. The summed E-state index contributed by atoms with van der Waals surface area (Å²) in [7, 11) is 4.04. The number of hydrogen-bond donors (Lipinski definition) is 19. The van der Waals surface area contributed by atoms with E-state index in [1.54, 1.807) is 13.8 Å². The Morgan fingerprint density at radius 2 is 0.918 bits per heavy atom. The molecule has 3 rings (SSSR count). The molecule has 11 amide bonds. The second-order valence-electron chi connectivity index (χ2n) is 28.3. The van der Waals surface area contributed by atoms with Crippen LogP contribution < -0.4 is 74.9 Å². The Bertz CT molecular complexity index is 3270. The lowest BCUT2D eigenvalue weighted by molar-refractivity contribution is -0.255. The molecule has 1 aromatic heterocycles. The van der Waals surface area contributed by atoms with Crippen molar-refractivity contribution in [2.45, 2.75) is 170 Å². The van der Waals surface area contributed by atoms with Crippen LogP contribution in [0.5, 0.6) is 0 Å². The number of carbonyl (C=O) groups is 14. The molecule has 0 spiro atoms. The molecule has 20 N–H and O–H groups in total. The summed E-state index contributed by atoms with van der Waals surface area (Å²) in [6.07, 6.45) is -7.75. The first-order valence-electron chi connectivity index (χ1n) is 40.5. The van der Waals surface area contributed by atoms with E-state index in [0.717, 1.165) is 11.8 Å². The van der Waals surface area contributed by atoms with Crippen molar-refractivity contribution >= 4 is 94.1 Å². The molecule has 0 radical (unpaired) electrons. The maximum Gasteiger partial charge on any atom is 0.243 e. The van der Waals surface area contributed by atoms with Crippen LogP contribution >= 0.6 is 11.8 Å². The van der Waals surface area contributed by atoms with Gasteiger partial charge in [0.15, 0.2) is 18.4 Å². The number of thioether (sulfide) groups is 1. The number of imidazole rings is 1. The lowest BCUT2D eigenvalue weighted by Crippen LogP contribution is -2.65. The van der Waals surface area contributed by atoms with Crippen molar-refractivity contribution in [2.75, 3.05) is 198 Å². The number of Topliss-reactive ketones (excluding diaryl/α,β-unsaturated/α-hetero) is 3. The third-order valence-electron chi connectivity index (χ3n) is 18.1. The number of primary amides is 1. The number of nitrogens with two attached hydrogens (primary N) is 1. The first-order valence-corrected chi connectivity index (χ1v) is 41.5. The number of amides is 11. The zero-order chi connectivity index (χ0) is 90.0. The highest BCUT2D eigenvalue weighted by atomic mass is 32.2. The fraction of sp³-hybridized carbons (Fsp3) is 0.773. The Balaban J connectivity index is 1.34. The largest absolute Gasteiger partial charge is 0.388 e. The minimum Gasteiger partial charge on any atom is -0.388 e. The number of rotatable bonds is 71. The van der Waals surface area contributed by atoms with Crippen molar-refractivity contribution in [1.29, 1.82) is 0 Å². The van der Waals surface area contributed by atoms with Crippen LogP contribution in [0.1, 0.15) is 84.8 Å². The molecular formula is C75H130N16O30S. The van der Waals surface area contributed by atoms with Crippen LogP contribution in [0.15, 0.2) is 12.5 Å². The summed E-state index contributed by atoms with van der Waals surface area (Å²) in [5.74, 6) is -7.19. The Hall–Kier alpha value is -8.02. The van der Waals surface area contributed by atoms with Gasteiger partial charge in [-0.3, -0.25) is 67.1 Å². The minimum absolute atomic E-state index is 0.00130. The van der Waals surface area contributed by atoms with Gasteiger partial charge in [-0.2, -0.15) is 0 Å². The fourth-order valence-corrected chi connectivity index (χ4v) is 12.5. The van der Waals surface area contributed by atoms with Crippen molar-refractivity contribution < 1.29 is 144 Å². The molecule has 0 bridgehead atoms. The predicted molar refractivity (Wildman–Crippen MR) is 432 cm³/mol. The van der Waals surface area contributed by atoms with Gasteiger partial charge in [0.25, 0.3) is 0 Å². The van der Waals surface area contributed by atoms with Gasteiger partial charge in [-0.25, -0.2) is 4.98 Å². The van der Waals surface area contributed by atoms with Gasteiger partial charge in [0.05, 0.1) is 143 Å². The number of likely N-dealkylation sites (N-methyl/N-ethyl adjacent to an activating group) is 1. The van der Waals surface area contributed by atoms with Crippen molar-refractivity contribution in [1.82, 2.24) is 79.1 Å². The number of nitrogens with zero attached hydrogens (tertiary/aromatic N) is 1. The summed E-state index contributed by atoms with van der Waals surface area (Å²) < 4.78 is 65.9. The molecule has 3 heterocycles. The number of aromatic nitrogens is 2. The number of nitrogens with one attached hydrogen (secondary N) is 14. The summed E-state index contributed by atoms with van der Waals surface area (Å²) in [5, 5.41) is 75.6. The molecule has 0 aromatic carbocycles. The van der Waals surface area contributed by atoms with E-state index < -0.39 is 144 Å². The molecule has 0 saturated carbocycles. The molecule has 14 atom stereocenters. The number of methoxy groups -OCH3 is 2. The number of aliphatic hydroxyl groups is 4. The Labute approximate surface area is 713 Å². The highest BCUT2D eigenvalue weighted by Gasteiger charge is 2.47. The van der Waals surface area contributed by atoms with Crippen LogP contribution in [0, 0.1) is 5.92 Å². The summed E-state index contributed by atoms with van der Waals surface area (Å²) in [5.41, 5.74) is 5.83. The molecule has 696 valence electrons. The summed E-state index contributed by atoms with van der Waals surface area (Å²) in [6.45, 7) is 8.84.